The van der Waals surface area contributed by atoms with Crippen LogP contribution < -0.4 is 10.6 Å². The van der Waals surface area contributed by atoms with Crippen molar-refractivity contribution in [3.05, 3.63) is 29.8 Å². The predicted octanol–water partition coefficient (Wildman–Crippen LogP) is 2.91. The first-order chi connectivity index (χ1) is 10.2. The highest BCUT2D eigenvalue weighted by Crippen LogP contribution is 2.11. The van der Waals surface area contributed by atoms with Gasteiger partial charge in [-0.2, -0.15) is 0 Å². The van der Waals surface area contributed by atoms with Crippen LogP contribution in [0.15, 0.2) is 24.3 Å². The maximum absolute atomic E-state index is 11.9. The number of hydrogen-bond acceptors (Lipinski definition) is 3. The molecule has 0 aliphatic carbocycles. The van der Waals surface area contributed by atoms with Crippen molar-refractivity contribution in [1.29, 1.82) is 0 Å². The van der Waals surface area contributed by atoms with Crippen molar-refractivity contribution in [3.63, 3.8) is 0 Å². The summed E-state index contributed by atoms with van der Waals surface area (Å²) in [5.74, 6) is 2.29. The fourth-order valence-electron chi connectivity index (χ4n) is 1.74. The summed E-state index contributed by atoms with van der Waals surface area (Å²) in [5, 5.41) is 5.36. The van der Waals surface area contributed by atoms with Crippen LogP contribution in [0.1, 0.15) is 39.7 Å². The van der Waals surface area contributed by atoms with E-state index in [4.69, 9.17) is 11.2 Å². The molecule has 1 aromatic carbocycles. The Hall–Kier alpha value is -2.48. The van der Waals surface area contributed by atoms with Gasteiger partial charge in [-0.05, 0) is 45.9 Å². The number of terminal acetylenes is 1. The van der Waals surface area contributed by atoms with Crippen LogP contribution in [0.3, 0.4) is 0 Å². The lowest BCUT2D eigenvalue weighted by molar-refractivity contribution is -0.116. The highest BCUT2D eigenvalue weighted by molar-refractivity contribution is 5.91. The van der Waals surface area contributed by atoms with Gasteiger partial charge in [-0.25, -0.2) is 4.79 Å². The summed E-state index contributed by atoms with van der Waals surface area (Å²) in [4.78, 5) is 23.5. The van der Waals surface area contributed by atoms with E-state index in [-0.39, 0.29) is 18.4 Å². The number of carbonyl (C=O) groups excluding carboxylic acids is 2. The lowest BCUT2D eigenvalue weighted by Gasteiger charge is -2.21. The van der Waals surface area contributed by atoms with Crippen LogP contribution in [0.25, 0.3) is 0 Å². The van der Waals surface area contributed by atoms with Crippen LogP contribution >= 0.6 is 0 Å². The molecule has 5 nitrogen and oxygen atoms in total. The van der Waals surface area contributed by atoms with E-state index in [1.54, 1.807) is 52.0 Å². The molecule has 0 spiro atoms. The minimum Gasteiger partial charge on any atom is -0.444 e. The third-order valence-electron chi connectivity index (χ3n) is 2.57. The molecule has 1 atom stereocenters. The van der Waals surface area contributed by atoms with Crippen LogP contribution in [-0.2, 0) is 9.53 Å². The van der Waals surface area contributed by atoms with Gasteiger partial charge in [0.2, 0.25) is 5.91 Å². The quantitative estimate of drug-likeness (QED) is 0.840. The summed E-state index contributed by atoms with van der Waals surface area (Å²) in [6, 6.07) is 6.68. The van der Waals surface area contributed by atoms with Gasteiger partial charge in [-0.3, -0.25) is 4.79 Å². The largest absolute Gasteiger partial charge is 0.444 e. The number of carbonyl (C=O) groups is 2. The van der Waals surface area contributed by atoms with E-state index in [0.29, 0.717) is 11.3 Å². The maximum Gasteiger partial charge on any atom is 0.407 e. The summed E-state index contributed by atoms with van der Waals surface area (Å²) in [7, 11) is 0. The average molecular weight is 302 g/mol. The second-order valence-electron chi connectivity index (χ2n) is 6.02. The normalized spacial score (nSPS) is 12.0. The monoisotopic (exact) mass is 302 g/mol. The second kappa shape index (κ2) is 7.51. The Morgan fingerprint density at radius 2 is 2.05 bits per heavy atom. The molecule has 1 aromatic rings. The molecule has 22 heavy (non-hydrogen) atoms. The lowest BCUT2D eigenvalue weighted by atomic mass is 10.2. The van der Waals surface area contributed by atoms with Crippen molar-refractivity contribution < 1.29 is 14.3 Å². The molecule has 0 saturated heterocycles. The maximum atomic E-state index is 11.9. The summed E-state index contributed by atoms with van der Waals surface area (Å²) in [6.45, 7) is 7.08. The Morgan fingerprint density at radius 1 is 1.36 bits per heavy atom. The van der Waals surface area contributed by atoms with Crippen molar-refractivity contribution in [2.75, 3.05) is 5.32 Å². The van der Waals surface area contributed by atoms with Gasteiger partial charge in [0, 0.05) is 23.7 Å². The van der Waals surface area contributed by atoms with Gasteiger partial charge in [0.25, 0.3) is 0 Å². The Morgan fingerprint density at radius 3 is 2.64 bits per heavy atom. The molecule has 0 aliphatic rings. The molecule has 0 bridgehead atoms. The molecular formula is C17H22N2O3. The van der Waals surface area contributed by atoms with E-state index in [1.807, 2.05) is 0 Å². The summed E-state index contributed by atoms with van der Waals surface area (Å²) in [6.07, 6.45) is 4.91. The van der Waals surface area contributed by atoms with E-state index < -0.39 is 11.7 Å². The van der Waals surface area contributed by atoms with Gasteiger partial charge in [-0.15, -0.1) is 6.42 Å². The number of alkyl carbamates (subject to hydrolysis) is 1. The molecule has 0 fully saturated rings. The molecule has 2 N–H and O–H groups in total. The fourth-order valence-corrected chi connectivity index (χ4v) is 1.74. The number of amides is 2. The number of rotatable bonds is 4. The molecule has 0 aromatic heterocycles. The number of hydrogen-bond donors (Lipinski definition) is 2. The average Bonchev–Trinajstić information content (AvgIpc) is 2.35. The SMILES string of the molecule is C#Cc1cccc(NC(=O)C[C@@H](C)NC(=O)OC(C)(C)C)c1. The summed E-state index contributed by atoms with van der Waals surface area (Å²) in [5.41, 5.74) is 0.754. The van der Waals surface area contributed by atoms with Crippen LogP contribution in [0.5, 0.6) is 0 Å². The molecule has 118 valence electrons. The third kappa shape index (κ3) is 6.80. The van der Waals surface area contributed by atoms with Crippen molar-refractivity contribution >= 4 is 17.7 Å². The first-order valence-corrected chi connectivity index (χ1v) is 7.05. The standard InChI is InChI=1S/C17H22N2O3/c1-6-13-8-7-9-14(11-13)19-15(20)10-12(2)18-16(21)22-17(3,4)5/h1,7-9,11-12H,10H2,2-5H3,(H,18,21)(H,19,20)/t12-/m1/s1. The molecule has 2 amide bonds. The van der Waals surface area contributed by atoms with Crippen molar-refractivity contribution in [2.24, 2.45) is 0 Å². The van der Waals surface area contributed by atoms with Crippen molar-refractivity contribution in [2.45, 2.75) is 45.8 Å². The zero-order valence-corrected chi connectivity index (χ0v) is 13.4. The van der Waals surface area contributed by atoms with Gasteiger partial charge < -0.3 is 15.4 Å². The minimum atomic E-state index is -0.568. The molecule has 0 unspecified atom stereocenters. The number of ether oxygens (including phenoxy) is 1. The summed E-state index contributed by atoms with van der Waals surface area (Å²) >= 11 is 0. The van der Waals surface area contributed by atoms with Gasteiger partial charge in [0.05, 0.1) is 0 Å². The topological polar surface area (TPSA) is 67.4 Å². The molecule has 0 aliphatic heterocycles. The zero-order chi connectivity index (χ0) is 16.8. The van der Waals surface area contributed by atoms with Crippen molar-refractivity contribution in [3.8, 4) is 12.3 Å². The smallest absolute Gasteiger partial charge is 0.407 e. The van der Waals surface area contributed by atoms with Gasteiger partial charge in [0.1, 0.15) is 5.60 Å². The van der Waals surface area contributed by atoms with Crippen LogP contribution in [0.4, 0.5) is 10.5 Å². The molecule has 0 saturated carbocycles. The molecule has 5 heteroatoms. The second-order valence-corrected chi connectivity index (χ2v) is 6.02. The summed E-state index contributed by atoms with van der Waals surface area (Å²) < 4.78 is 5.13. The van der Waals surface area contributed by atoms with Crippen LogP contribution in [-0.4, -0.2) is 23.6 Å². The minimum absolute atomic E-state index is 0.138. The third-order valence-corrected chi connectivity index (χ3v) is 2.57. The zero-order valence-electron chi connectivity index (χ0n) is 13.4. The Labute approximate surface area is 131 Å². The molecule has 0 heterocycles. The Kier molecular flexibility index (Phi) is 6.00. The van der Waals surface area contributed by atoms with Crippen LogP contribution in [0, 0.1) is 12.3 Å². The first-order valence-electron chi connectivity index (χ1n) is 7.05. The van der Waals surface area contributed by atoms with E-state index in [2.05, 4.69) is 16.6 Å². The van der Waals surface area contributed by atoms with E-state index >= 15 is 0 Å². The van der Waals surface area contributed by atoms with E-state index in [9.17, 15) is 9.59 Å². The fraction of sp³-hybridized carbons (Fsp3) is 0.412. The Balaban J connectivity index is 2.47. The Bertz CT molecular complexity index is 582. The highest BCUT2D eigenvalue weighted by atomic mass is 16.6. The van der Waals surface area contributed by atoms with Gasteiger partial charge in [0.15, 0.2) is 0 Å². The lowest BCUT2D eigenvalue weighted by Crippen LogP contribution is -2.39. The predicted molar refractivity (Wildman–Crippen MR) is 86.5 cm³/mol. The molecular weight excluding hydrogens is 280 g/mol. The molecule has 0 radical (unpaired) electrons. The number of benzene rings is 1. The van der Waals surface area contributed by atoms with E-state index in [1.165, 1.54) is 0 Å². The molecule has 1 rings (SSSR count). The number of anilines is 1. The van der Waals surface area contributed by atoms with Crippen molar-refractivity contribution in [1.82, 2.24) is 5.32 Å². The van der Waals surface area contributed by atoms with Crippen LogP contribution in [0.2, 0.25) is 0 Å². The first kappa shape index (κ1) is 17.6. The number of nitrogens with one attached hydrogen (secondary N) is 2. The highest BCUT2D eigenvalue weighted by Gasteiger charge is 2.18. The van der Waals surface area contributed by atoms with Gasteiger partial charge >= 0.3 is 6.09 Å². The van der Waals surface area contributed by atoms with Gasteiger partial charge in [-0.1, -0.05) is 12.0 Å². The van der Waals surface area contributed by atoms with E-state index in [0.717, 1.165) is 0 Å².